The molecule has 0 spiro atoms. The van der Waals surface area contributed by atoms with Gasteiger partial charge in [0.1, 0.15) is 5.82 Å². The van der Waals surface area contributed by atoms with E-state index >= 15 is 0 Å². The molecule has 0 saturated heterocycles. The van der Waals surface area contributed by atoms with Gasteiger partial charge in [-0.1, -0.05) is 0 Å². The number of aliphatic hydroxyl groups excluding tert-OH is 1. The molecule has 0 unspecified atom stereocenters. The molecule has 1 aromatic carbocycles. The first-order valence-corrected chi connectivity index (χ1v) is 5.20. The molecular formula is C12H13FN2O. The fraction of sp³-hybridized carbons (Fsp3) is 0.250. The first-order valence-electron chi connectivity index (χ1n) is 5.20. The number of nitrogens with one attached hydrogen (secondary N) is 1. The predicted molar refractivity (Wildman–Crippen MR) is 59.4 cm³/mol. The molecule has 2 aromatic rings. The second kappa shape index (κ2) is 4.90. The summed E-state index contributed by atoms with van der Waals surface area (Å²) >= 11 is 0. The Hall–Kier alpha value is -1.68. The predicted octanol–water partition coefficient (Wildman–Crippen LogP) is 2.14. The number of nitrogens with zero attached hydrogens (tertiary/aromatic N) is 1. The Morgan fingerprint density at radius 2 is 2.00 bits per heavy atom. The van der Waals surface area contributed by atoms with Gasteiger partial charge < -0.3 is 5.11 Å². The molecule has 2 rings (SSSR count). The highest BCUT2D eigenvalue weighted by molar-refractivity contribution is 5.58. The topological polar surface area (TPSA) is 48.9 Å². The van der Waals surface area contributed by atoms with Gasteiger partial charge in [0.25, 0.3) is 0 Å². The van der Waals surface area contributed by atoms with E-state index in [4.69, 9.17) is 5.11 Å². The van der Waals surface area contributed by atoms with Crippen LogP contribution in [0.2, 0.25) is 0 Å². The Morgan fingerprint density at radius 3 is 2.69 bits per heavy atom. The van der Waals surface area contributed by atoms with Gasteiger partial charge in [-0.3, -0.25) is 5.10 Å². The zero-order valence-electron chi connectivity index (χ0n) is 8.78. The summed E-state index contributed by atoms with van der Waals surface area (Å²) in [6.07, 6.45) is 1.48. The highest BCUT2D eigenvalue weighted by Crippen LogP contribution is 2.18. The number of hydrogen-bond donors (Lipinski definition) is 2. The van der Waals surface area contributed by atoms with Crippen LogP contribution in [0.1, 0.15) is 12.1 Å². The Kier molecular flexibility index (Phi) is 3.31. The normalized spacial score (nSPS) is 10.6. The minimum absolute atomic E-state index is 0.172. The quantitative estimate of drug-likeness (QED) is 0.829. The van der Waals surface area contributed by atoms with E-state index in [2.05, 4.69) is 10.2 Å². The van der Waals surface area contributed by atoms with Gasteiger partial charge in [0.2, 0.25) is 0 Å². The van der Waals surface area contributed by atoms with E-state index in [1.54, 1.807) is 12.1 Å². The van der Waals surface area contributed by atoms with E-state index < -0.39 is 0 Å². The number of benzene rings is 1. The van der Waals surface area contributed by atoms with Crippen LogP contribution in [-0.4, -0.2) is 21.9 Å². The van der Waals surface area contributed by atoms with Crippen molar-refractivity contribution in [3.8, 4) is 11.3 Å². The maximum atomic E-state index is 12.7. The molecule has 0 atom stereocenters. The van der Waals surface area contributed by atoms with Gasteiger partial charge in [-0.25, -0.2) is 4.39 Å². The lowest BCUT2D eigenvalue weighted by Gasteiger charge is -1.94. The molecule has 0 radical (unpaired) electrons. The minimum atomic E-state index is -0.250. The minimum Gasteiger partial charge on any atom is -0.396 e. The number of hydrogen-bond acceptors (Lipinski definition) is 2. The van der Waals surface area contributed by atoms with Crippen LogP contribution in [0.25, 0.3) is 11.3 Å². The number of aromatic nitrogens is 2. The van der Waals surface area contributed by atoms with E-state index in [1.807, 2.05) is 6.07 Å². The number of H-pyrrole nitrogens is 1. The molecule has 0 saturated carbocycles. The summed E-state index contributed by atoms with van der Waals surface area (Å²) in [6.45, 7) is 0.172. The molecule has 0 amide bonds. The fourth-order valence-corrected chi connectivity index (χ4v) is 1.53. The van der Waals surface area contributed by atoms with Crippen molar-refractivity contribution in [2.24, 2.45) is 0 Å². The van der Waals surface area contributed by atoms with E-state index in [0.29, 0.717) is 6.42 Å². The molecule has 0 aliphatic carbocycles. The monoisotopic (exact) mass is 220 g/mol. The van der Waals surface area contributed by atoms with Crippen molar-refractivity contribution in [2.45, 2.75) is 12.8 Å². The van der Waals surface area contributed by atoms with Crippen LogP contribution in [0, 0.1) is 5.82 Å². The van der Waals surface area contributed by atoms with Crippen molar-refractivity contribution in [1.82, 2.24) is 10.2 Å². The van der Waals surface area contributed by atoms with Crippen molar-refractivity contribution in [3.63, 3.8) is 0 Å². The Labute approximate surface area is 92.9 Å². The molecule has 0 bridgehead atoms. The standard InChI is InChI=1S/C12H13FN2O/c13-10-5-3-9(4-6-10)12-8-11(14-15-12)2-1-7-16/h3-6,8,16H,1-2,7H2,(H,14,15). The molecule has 3 nitrogen and oxygen atoms in total. The summed E-state index contributed by atoms with van der Waals surface area (Å²) in [5, 5.41) is 15.7. The van der Waals surface area contributed by atoms with Gasteiger partial charge in [0.15, 0.2) is 0 Å². The Balaban J connectivity index is 2.15. The van der Waals surface area contributed by atoms with Crippen molar-refractivity contribution < 1.29 is 9.50 Å². The van der Waals surface area contributed by atoms with Gasteiger partial charge in [-0.15, -0.1) is 0 Å². The molecule has 84 valence electrons. The summed E-state index contributed by atoms with van der Waals surface area (Å²) < 4.78 is 12.7. The highest BCUT2D eigenvalue weighted by atomic mass is 19.1. The lowest BCUT2D eigenvalue weighted by molar-refractivity contribution is 0.288. The smallest absolute Gasteiger partial charge is 0.123 e. The largest absolute Gasteiger partial charge is 0.396 e. The molecular weight excluding hydrogens is 207 g/mol. The summed E-state index contributed by atoms with van der Waals surface area (Å²) in [7, 11) is 0. The van der Waals surface area contributed by atoms with Crippen LogP contribution in [-0.2, 0) is 6.42 Å². The van der Waals surface area contributed by atoms with Gasteiger partial charge in [0, 0.05) is 17.9 Å². The van der Waals surface area contributed by atoms with Crippen LogP contribution in [0.5, 0.6) is 0 Å². The Morgan fingerprint density at radius 1 is 1.25 bits per heavy atom. The molecule has 0 fully saturated rings. The SMILES string of the molecule is OCCCc1cc(-c2ccc(F)cc2)n[nH]1. The first-order chi connectivity index (χ1) is 7.79. The number of rotatable bonds is 4. The number of aryl methyl sites for hydroxylation is 1. The third kappa shape index (κ3) is 2.46. The highest BCUT2D eigenvalue weighted by Gasteiger charge is 2.03. The van der Waals surface area contributed by atoms with E-state index in [-0.39, 0.29) is 12.4 Å². The van der Waals surface area contributed by atoms with Crippen molar-refractivity contribution in [2.75, 3.05) is 6.61 Å². The van der Waals surface area contributed by atoms with Crippen LogP contribution < -0.4 is 0 Å². The van der Waals surface area contributed by atoms with Crippen molar-refractivity contribution in [1.29, 1.82) is 0 Å². The van der Waals surface area contributed by atoms with Crippen LogP contribution in [0.3, 0.4) is 0 Å². The number of aromatic amines is 1. The third-order valence-electron chi connectivity index (χ3n) is 2.38. The molecule has 2 N–H and O–H groups in total. The second-order valence-electron chi connectivity index (χ2n) is 3.61. The maximum Gasteiger partial charge on any atom is 0.123 e. The number of aliphatic hydroxyl groups is 1. The van der Waals surface area contributed by atoms with Gasteiger partial charge in [0.05, 0.1) is 5.69 Å². The van der Waals surface area contributed by atoms with Crippen LogP contribution >= 0.6 is 0 Å². The zero-order chi connectivity index (χ0) is 11.4. The molecule has 16 heavy (non-hydrogen) atoms. The van der Waals surface area contributed by atoms with E-state index in [0.717, 1.165) is 23.4 Å². The fourth-order valence-electron chi connectivity index (χ4n) is 1.53. The number of halogens is 1. The average Bonchev–Trinajstić information content (AvgIpc) is 2.76. The molecule has 1 aromatic heterocycles. The molecule has 1 heterocycles. The molecule has 0 aliphatic heterocycles. The van der Waals surface area contributed by atoms with Crippen molar-refractivity contribution in [3.05, 3.63) is 41.8 Å². The average molecular weight is 220 g/mol. The van der Waals surface area contributed by atoms with Gasteiger partial charge >= 0.3 is 0 Å². The first kappa shape index (κ1) is 10.8. The molecule has 4 heteroatoms. The second-order valence-corrected chi connectivity index (χ2v) is 3.61. The maximum absolute atomic E-state index is 12.7. The van der Waals surface area contributed by atoms with Gasteiger partial charge in [-0.2, -0.15) is 5.10 Å². The summed E-state index contributed by atoms with van der Waals surface area (Å²) in [5.41, 5.74) is 2.66. The van der Waals surface area contributed by atoms with Crippen molar-refractivity contribution >= 4 is 0 Å². The zero-order valence-corrected chi connectivity index (χ0v) is 8.78. The summed E-state index contributed by atoms with van der Waals surface area (Å²) in [4.78, 5) is 0. The van der Waals surface area contributed by atoms with Gasteiger partial charge in [-0.05, 0) is 43.2 Å². The van der Waals surface area contributed by atoms with E-state index in [1.165, 1.54) is 12.1 Å². The summed E-state index contributed by atoms with van der Waals surface area (Å²) in [5.74, 6) is -0.250. The van der Waals surface area contributed by atoms with Crippen LogP contribution in [0.4, 0.5) is 4.39 Å². The molecule has 0 aliphatic rings. The third-order valence-corrected chi connectivity index (χ3v) is 2.38. The van der Waals surface area contributed by atoms with Crippen LogP contribution in [0.15, 0.2) is 30.3 Å². The lowest BCUT2D eigenvalue weighted by atomic mass is 10.1. The van der Waals surface area contributed by atoms with E-state index in [9.17, 15) is 4.39 Å². The lowest BCUT2D eigenvalue weighted by Crippen LogP contribution is -1.88. The Bertz CT molecular complexity index is 450. The summed E-state index contributed by atoms with van der Waals surface area (Å²) in [6, 6.07) is 8.14.